The smallest absolute Gasteiger partial charge is 0.301 e. The van der Waals surface area contributed by atoms with E-state index in [1.54, 1.807) is 55.5 Å². The van der Waals surface area contributed by atoms with Crippen LogP contribution < -0.4 is 14.4 Å². The number of hydrogen-bond acceptors (Lipinski definition) is 7. The van der Waals surface area contributed by atoms with Crippen molar-refractivity contribution in [1.82, 2.24) is 5.16 Å². The van der Waals surface area contributed by atoms with Crippen molar-refractivity contribution in [2.75, 3.05) is 18.6 Å². The molecule has 0 saturated carbocycles. The summed E-state index contributed by atoms with van der Waals surface area (Å²) in [6, 6.07) is 12.1. The molecule has 4 rings (SSSR count). The average Bonchev–Trinajstić information content (AvgIpc) is 3.42. The summed E-state index contributed by atoms with van der Waals surface area (Å²) in [4.78, 5) is 27.7. The highest BCUT2D eigenvalue weighted by atomic mass is 35.5. The Kier molecular flexibility index (Phi) is 7.64. The van der Waals surface area contributed by atoms with Crippen LogP contribution in [0.5, 0.6) is 11.5 Å². The van der Waals surface area contributed by atoms with Crippen LogP contribution in [0, 0.1) is 6.92 Å². The van der Waals surface area contributed by atoms with Crippen LogP contribution in [0.15, 0.2) is 58.6 Å². The first-order valence-corrected chi connectivity index (χ1v) is 12.0. The molecule has 1 aliphatic rings. The molecule has 0 bridgehead atoms. The molecule has 36 heavy (non-hydrogen) atoms. The number of anilines is 1. The van der Waals surface area contributed by atoms with Gasteiger partial charge in [-0.1, -0.05) is 42.6 Å². The van der Waals surface area contributed by atoms with Crippen LogP contribution in [0.4, 0.5) is 5.82 Å². The van der Waals surface area contributed by atoms with Crippen molar-refractivity contribution in [2.45, 2.75) is 39.2 Å². The molecular weight excluding hydrogens is 484 g/mol. The molecule has 0 radical (unpaired) electrons. The van der Waals surface area contributed by atoms with Gasteiger partial charge in [-0.2, -0.15) is 0 Å². The predicted molar refractivity (Wildman–Crippen MR) is 135 cm³/mol. The van der Waals surface area contributed by atoms with Crippen molar-refractivity contribution in [3.8, 4) is 11.5 Å². The van der Waals surface area contributed by atoms with Crippen molar-refractivity contribution < 1.29 is 28.7 Å². The fraction of sp³-hybridized carbons (Fsp3) is 0.296. The summed E-state index contributed by atoms with van der Waals surface area (Å²) in [5.74, 6) is -0.377. The minimum absolute atomic E-state index is 0.0818. The molecule has 1 saturated heterocycles. The molecule has 1 aromatic heterocycles. The maximum Gasteiger partial charge on any atom is 0.301 e. The SMILES string of the molecule is CCCCCOc1ccc([C@@H]2/C(=C(\O)c3ccc(Cl)cc3)C(=O)C(=O)N2c2cc(C)on2)cc1OC. The van der Waals surface area contributed by atoms with Gasteiger partial charge in [-0.05, 0) is 55.3 Å². The zero-order chi connectivity index (χ0) is 25.8. The van der Waals surface area contributed by atoms with Gasteiger partial charge in [-0.15, -0.1) is 0 Å². The van der Waals surface area contributed by atoms with E-state index in [0.717, 1.165) is 19.3 Å². The first kappa shape index (κ1) is 25.3. The molecule has 8 nitrogen and oxygen atoms in total. The molecule has 1 aliphatic heterocycles. The van der Waals surface area contributed by atoms with E-state index in [0.29, 0.717) is 40.0 Å². The molecule has 0 spiro atoms. The van der Waals surface area contributed by atoms with Gasteiger partial charge in [0, 0.05) is 16.7 Å². The van der Waals surface area contributed by atoms with E-state index in [-0.39, 0.29) is 17.2 Å². The Morgan fingerprint density at radius 2 is 1.86 bits per heavy atom. The number of aromatic nitrogens is 1. The zero-order valence-corrected chi connectivity index (χ0v) is 21.0. The molecule has 9 heteroatoms. The number of benzene rings is 2. The minimum Gasteiger partial charge on any atom is -0.507 e. The van der Waals surface area contributed by atoms with Crippen molar-refractivity contribution >= 4 is 34.9 Å². The number of ketones is 1. The number of aliphatic hydroxyl groups is 1. The van der Waals surface area contributed by atoms with Crippen LogP contribution in [0.2, 0.25) is 5.02 Å². The Hall–Kier alpha value is -3.78. The highest BCUT2D eigenvalue weighted by molar-refractivity contribution is 6.51. The number of carbonyl (C=O) groups is 2. The lowest BCUT2D eigenvalue weighted by Gasteiger charge is -2.23. The number of aliphatic hydroxyl groups excluding tert-OH is 1. The Morgan fingerprint density at radius 1 is 1.11 bits per heavy atom. The molecule has 0 aliphatic carbocycles. The van der Waals surface area contributed by atoms with Gasteiger partial charge in [-0.25, -0.2) is 0 Å². The van der Waals surface area contributed by atoms with Crippen LogP contribution in [-0.4, -0.2) is 35.7 Å². The molecule has 3 aromatic rings. The van der Waals surface area contributed by atoms with E-state index in [1.807, 2.05) is 0 Å². The van der Waals surface area contributed by atoms with Gasteiger partial charge >= 0.3 is 5.91 Å². The number of unbranched alkanes of at least 4 members (excludes halogenated alkanes) is 2. The van der Waals surface area contributed by atoms with Gasteiger partial charge in [-0.3, -0.25) is 14.5 Å². The molecule has 1 amide bonds. The fourth-order valence-electron chi connectivity index (χ4n) is 4.12. The number of nitrogens with zero attached hydrogens (tertiary/aromatic N) is 2. The lowest BCUT2D eigenvalue weighted by atomic mass is 9.95. The lowest BCUT2D eigenvalue weighted by Crippen LogP contribution is -2.29. The van der Waals surface area contributed by atoms with E-state index >= 15 is 0 Å². The fourth-order valence-corrected chi connectivity index (χ4v) is 4.25. The largest absolute Gasteiger partial charge is 0.507 e. The van der Waals surface area contributed by atoms with Gasteiger partial charge in [0.1, 0.15) is 11.5 Å². The third kappa shape index (κ3) is 4.95. The third-order valence-corrected chi connectivity index (χ3v) is 6.19. The van der Waals surface area contributed by atoms with Crippen LogP contribution >= 0.6 is 11.6 Å². The Bertz CT molecular complexity index is 1300. The Morgan fingerprint density at radius 3 is 2.50 bits per heavy atom. The highest BCUT2D eigenvalue weighted by Crippen LogP contribution is 2.44. The normalized spacial score (nSPS) is 17.0. The van der Waals surface area contributed by atoms with E-state index < -0.39 is 17.7 Å². The summed E-state index contributed by atoms with van der Waals surface area (Å²) in [5.41, 5.74) is 0.798. The van der Waals surface area contributed by atoms with Crippen LogP contribution in [0.1, 0.15) is 49.1 Å². The maximum absolute atomic E-state index is 13.2. The average molecular weight is 511 g/mol. The molecule has 2 aromatic carbocycles. The quantitative estimate of drug-likeness (QED) is 0.167. The van der Waals surface area contributed by atoms with E-state index in [2.05, 4.69) is 12.1 Å². The summed E-state index contributed by atoms with van der Waals surface area (Å²) in [6.45, 7) is 4.34. The van der Waals surface area contributed by atoms with Crippen LogP contribution in [-0.2, 0) is 9.59 Å². The second-order valence-electron chi connectivity index (χ2n) is 8.44. The van der Waals surface area contributed by atoms with Gasteiger partial charge in [0.05, 0.1) is 25.3 Å². The number of amides is 1. The standard InChI is InChI=1S/C27H27ClN2O6/c1-4-5-6-13-35-20-12-9-18(15-21(20)34-3)24-23(25(31)17-7-10-19(28)11-8-17)26(32)27(33)30(24)22-14-16(2)36-29-22/h7-12,14-15,24,31H,4-6,13H2,1-3H3/b25-23+/t24-/m1/s1. The molecule has 1 N–H and O–H groups in total. The molecular formula is C27H27ClN2O6. The van der Waals surface area contributed by atoms with E-state index in [9.17, 15) is 14.7 Å². The summed E-state index contributed by atoms with van der Waals surface area (Å²) < 4.78 is 16.6. The molecule has 1 fully saturated rings. The van der Waals surface area contributed by atoms with Crippen molar-refractivity contribution in [3.63, 3.8) is 0 Å². The third-order valence-electron chi connectivity index (χ3n) is 5.93. The Balaban J connectivity index is 1.83. The molecule has 188 valence electrons. The number of methoxy groups -OCH3 is 1. The summed E-state index contributed by atoms with van der Waals surface area (Å²) in [6.07, 6.45) is 3.04. The minimum atomic E-state index is -0.979. The number of rotatable bonds is 9. The zero-order valence-electron chi connectivity index (χ0n) is 20.3. The van der Waals surface area contributed by atoms with E-state index in [1.165, 1.54) is 12.0 Å². The monoisotopic (exact) mass is 510 g/mol. The number of hydrogen-bond donors (Lipinski definition) is 1. The number of halogens is 1. The summed E-state index contributed by atoms with van der Waals surface area (Å²) in [7, 11) is 1.52. The number of aryl methyl sites for hydroxylation is 1. The van der Waals surface area contributed by atoms with Gasteiger partial charge in [0.25, 0.3) is 5.78 Å². The molecule has 0 unspecified atom stereocenters. The lowest BCUT2D eigenvalue weighted by molar-refractivity contribution is -0.132. The summed E-state index contributed by atoms with van der Waals surface area (Å²) >= 11 is 5.99. The van der Waals surface area contributed by atoms with Gasteiger partial charge < -0.3 is 19.1 Å². The predicted octanol–water partition coefficient (Wildman–Crippen LogP) is 5.84. The van der Waals surface area contributed by atoms with Crippen LogP contribution in [0.3, 0.4) is 0 Å². The molecule has 2 heterocycles. The topological polar surface area (TPSA) is 102 Å². The van der Waals surface area contributed by atoms with Crippen molar-refractivity contribution in [1.29, 1.82) is 0 Å². The number of carbonyl (C=O) groups excluding carboxylic acids is 2. The van der Waals surface area contributed by atoms with E-state index in [4.69, 9.17) is 25.6 Å². The number of Topliss-reactive ketones (excluding diaryl/α,β-unsaturated/α-hetero) is 1. The van der Waals surface area contributed by atoms with Gasteiger partial charge in [0.2, 0.25) is 0 Å². The molecule has 1 atom stereocenters. The second-order valence-corrected chi connectivity index (χ2v) is 8.87. The van der Waals surface area contributed by atoms with Crippen molar-refractivity contribution in [3.05, 3.63) is 76.0 Å². The maximum atomic E-state index is 13.2. The van der Waals surface area contributed by atoms with Crippen LogP contribution in [0.25, 0.3) is 5.76 Å². The first-order chi connectivity index (χ1) is 17.3. The Labute approximate surface area is 214 Å². The van der Waals surface area contributed by atoms with Crippen molar-refractivity contribution in [2.24, 2.45) is 0 Å². The second kappa shape index (κ2) is 10.9. The number of ether oxygens (including phenoxy) is 2. The summed E-state index contributed by atoms with van der Waals surface area (Å²) in [5, 5.41) is 15.6. The van der Waals surface area contributed by atoms with Gasteiger partial charge in [0.15, 0.2) is 17.3 Å². The first-order valence-electron chi connectivity index (χ1n) is 11.7. The highest BCUT2D eigenvalue weighted by Gasteiger charge is 2.48.